The maximum absolute atomic E-state index is 10.2. The van der Waals surface area contributed by atoms with Crippen molar-refractivity contribution in [3.63, 3.8) is 0 Å². The van der Waals surface area contributed by atoms with E-state index in [9.17, 15) is 9.90 Å². The number of hydrogen-bond donors (Lipinski definition) is 1. The predicted octanol–water partition coefficient (Wildman–Crippen LogP) is 4.57. The first kappa shape index (κ1) is 22.6. The van der Waals surface area contributed by atoms with Gasteiger partial charge in [-0.25, -0.2) is 4.89 Å². The molecule has 0 saturated carbocycles. The van der Waals surface area contributed by atoms with Crippen molar-refractivity contribution in [3.05, 3.63) is 36.5 Å². The first-order chi connectivity index (χ1) is 11.7. The Labute approximate surface area is 146 Å². The summed E-state index contributed by atoms with van der Waals surface area (Å²) >= 11 is 0. The Morgan fingerprint density at radius 2 is 1.79 bits per heavy atom. The fourth-order valence-corrected chi connectivity index (χ4v) is 2.31. The first-order valence-electron chi connectivity index (χ1n) is 9.19. The molecular weight excluding hydrogens is 304 g/mol. The van der Waals surface area contributed by atoms with Gasteiger partial charge in [-0.05, 0) is 32.1 Å². The minimum atomic E-state index is -0.991. The van der Waals surface area contributed by atoms with E-state index in [4.69, 9.17) is 5.26 Å². The van der Waals surface area contributed by atoms with Gasteiger partial charge in [0.05, 0.1) is 0 Å². The van der Waals surface area contributed by atoms with Crippen LogP contribution in [-0.2, 0) is 9.68 Å². The Hall–Kier alpha value is -1.39. The Morgan fingerprint density at radius 1 is 1.04 bits per heavy atom. The van der Waals surface area contributed by atoms with E-state index in [2.05, 4.69) is 11.8 Å². The summed E-state index contributed by atoms with van der Waals surface area (Å²) in [4.78, 5) is 14.7. The molecule has 24 heavy (non-hydrogen) atoms. The van der Waals surface area contributed by atoms with E-state index in [0.29, 0.717) is 6.42 Å². The van der Waals surface area contributed by atoms with Crippen LogP contribution in [0.1, 0.15) is 77.6 Å². The number of carboxylic acids is 1. The Kier molecular flexibility index (Phi) is 16.9. The SMILES string of the molecule is CCCCCCCC[C@@H](/C=C/C=C\C/C=C\CCCC(=O)[O-])OO. The highest BCUT2D eigenvalue weighted by Crippen LogP contribution is 2.10. The van der Waals surface area contributed by atoms with Crippen LogP contribution < -0.4 is 5.11 Å². The second-order valence-electron chi connectivity index (χ2n) is 5.98. The number of carbonyl (C=O) groups is 1. The summed E-state index contributed by atoms with van der Waals surface area (Å²) in [5.41, 5.74) is 0. The zero-order valence-electron chi connectivity index (χ0n) is 15.0. The van der Waals surface area contributed by atoms with Crippen LogP contribution in [0, 0.1) is 0 Å². The molecule has 0 saturated heterocycles. The number of unbranched alkanes of at least 4 members (excludes halogenated alkanes) is 6. The normalized spacial score (nSPS) is 13.4. The summed E-state index contributed by atoms with van der Waals surface area (Å²) in [6, 6.07) is 0. The molecule has 0 radical (unpaired) electrons. The van der Waals surface area contributed by atoms with E-state index < -0.39 is 5.97 Å². The zero-order chi connectivity index (χ0) is 17.9. The standard InChI is InChI=1S/C20H34O4/c1-2-3-4-5-10-13-16-19(24-23)17-14-11-8-6-7-9-12-15-18-20(21)22/h7-9,11,14,17,19,23H,2-6,10,12-13,15-16,18H2,1H3,(H,21,22)/p-1/b9-7-,11-8-,17-14+/t19-/m0/s1. The molecule has 0 rings (SSSR count). The Morgan fingerprint density at radius 3 is 2.50 bits per heavy atom. The molecule has 0 aliphatic heterocycles. The molecule has 138 valence electrons. The Bertz CT molecular complexity index is 372. The van der Waals surface area contributed by atoms with Crippen molar-refractivity contribution in [2.75, 3.05) is 0 Å². The third-order valence-corrected chi connectivity index (χ3v) is 3.74. The number of carboxylic acid groups (broad SMARTS) is 1. The lowest BCUT2D eigenvalue weighted by Gasteiger charge is -2.07. The topological polar surface area (TPSA) is 69.6 Å². The molecule has 0 fully saturated rings. The highest BCUT2D eigenvalue weighted by Gasteiger charge is 2.03. The van der Waals surface area contributed by atoms with Gasteiger partial charge in [0.25, 0.3) is 0 Å². The first-order valence-corrected chi connectivity index (χ1v) is 9.19. The summed E-state index contributed by atoms with van der Waals surface area (Å²) in [7, 11) is 0. The molecule has 0 unspecified atom stereocenters. The van der Waals surface area contributed by atoms with Gasteiger partial charge in [0, 0.05) is 5.97 Å². The molecule has 0 aliphatic rings. The van der Waals surface area contributed by atoms with Crippen LogP contribution in [0.4, 0.5) is 0 Å². The van der Waals surface area contributed by atoms with Gasteiger partial charge in [-0.1, -0.05) is 81.9 Å². The van der Waals surface area contributed by atoms with Gasteiger partial charge in [0.1, 0.15) is 6.10 Å². The molecule has 0 aromatic rings. The van der Waals surface area contributed by atoms with Crippen molar-refractivity contribution in [2.45, 2.75) is 83.7 Å². The lowest BCUT2D eigenvalue weighted by atomic mass is 10.1. The second-order valence-corrected chi connectivity index (χ2v) is 5.98. The van der Waals surface area contributed by atoms with Gasteiger partial charge in [-0.2, -0.15) is 0 Å². The number of hydrogen-bond acceptors (Lipinski definition) is 4. The highest BCUT2D eigenvalue weighted by atomic mass is 17.1. The van der Waals surface area contributed by atoms with Gasteiger partial charge in [-0.15, -0.1) is 0 Å². The van der Waals surface area contributed by atoms with Crippen molar-refractivity contribution in [3.8, 4) is 0 Å². The number of carbonyl (C=O) groups excluding carboxylic acids is 1. The maximum atomic E-state index is 10.2. The molecule has 0 aliphatic carbocycles. The van der Waals surface area contributed by atoms with Crippen LogP contribution in [0.15, 0.2) is 36.5 Å². The highest BCUT2D eigenvalue weighted by molar-refractivity contribution is 5.64. The maximum Gasteiger partial charge on any atom is 0.111 e. The average Bonchev–Trinajstić information content (AvgIpc) is 2.57. The van der Waals surface area contributed by atoms with Gasteiger partial charge in [0.2, 0.25) is 0 Å². The average molecular weight is 337 g/mol. The van der Waals surface area contributed by atoms with Crippen LogP contribution in [0.5, 0.6) is 0 Å². The van der Waals surface area contributed by atoms with E-state index in [1.165, 1.54) is 32.1 Å². The smallest absolute Gasteiger partial charge is 0.111 e. The zero-order valence-corrected chi connectivity index (χ0v) is 15.0. The molecule has 1 N–H and O–H groups in total. The summed E-state index contributed by atoms with van der Waals surface area (Å²) in [5.74, 6) is -0.991. The molecule has 0 bridgehead atoms. The molecule has 4 nitrogen and oxygen atoms in total. The van der Waals surface area contributed by atoms with E-state index >= 15 is 0 Å². The molecule has 0 aromatic heterocycles. The minimum absolute atomic E-state index is 0.115. The van der Waals surface area contributed by atoms with Crippen molar-refractivity contribution >= 4 is 5.97 Å². The van der Waals surface area contributed by atoms with Gasteiger partial charge in [0.15, 0.2) is 0 Å². The van der Waals surface area contributed by atoms with Crippen LogP contribution in [-0.4, -0.2) is 17.3 Å². The van der Waals surface area contributed by atoms with Crippen molar-refractivity contribution in [1.29, 1.82) is 0 Å². The van der Waals surface area contributed by atoms with Crippen molar-refractivity contribution in [2.24, 2.45) is 0 Å². The minimum Gasteiger partial charge on any atom is -0.550 e. The van der Waals surface area contributed by atoms with Gasteiger partial charge in [-0.3, -0.25) is 5.26 Å². The third kappa shape index (κ3) is 17.0. The molecule has 4 heteroatoms. The third-order valence-electron chi connectivity index (χ3n) is 3.74. The monoisotopic (exact) mass is 337 g/mol. The summed E-state index contributed by atoms with van der Waals surface area (Å²) in [5, 5.41) is 19.1. The molecule has 1 atom stereocenters. The number of allylic oxidation sites excluding steroid dienone is 5. The van der Waals surface area contributed by atoms with E-state index in [1.807, 2.05) is 36.5 Å². The number of aliphatic carboxylic acids is 1. The lowest BCUT2D eigenvalue weighted by molar-refractivity contribution is -0.305. The van der Waals surface area contributed by atoms with E-state index in [1.54, 1.807) is 0 Å². The fourth-order valence-electron chi connectivity index (χ4n) is 2.31. The summed E-state index contributed by atoms with van der Waals surface area (Å²) < 4.78 is 0. The van der Waals surface area contributed by atoms with Crippen LogP contribution in [0.3, 0.4) is 0 Å². The summed E-state index contributed by atoms with van der Waals surface area (Å²) in [6.45, 7) is 2.21. The Balaban J connectivity index is 3.68. The largest absolute Gasteiger partial charge is 0.550 e. The summed E-state index contributed by atoms with van der Waals surface area (Å²) in [6.07, 6.45) is 21.9. The van der Waals surface area contributed by atoms with Crippen LogP contribution >= 0.6 is 0 Å². The predicted molar refractivity (Wildman–Crippen MR) is 96.4 cm³/mol. The van der Waals surface area contributed by atoms with Crippen LogP contribution in [0.25, 0.3) is 0 Å². The molecule has 0 heterocycles. The molecule has 0 amide bonds. The van der Waals surface area contributed by atoms with Crippen molar-refractivity contribution in [1.82, 2.24) is 0 Å². The van der Waals surface area contributed by atoms with E-state index in [-0.39, 0.29) is 12.5 Å². The van der Waals surface area contributed by atoms with Crippen molar-refractivity contribution < 1.29 is 20.0 Å². The second kappa shape index (κ2) is 18.0. The van der Waals surface area contributed by atoms with Gasteiger partial charge >= 0.3 is 0 Å². The number of rotatable bonds is 16. The van der Waals surface area contributed by atoms with E-state index in [0.717, 1.165) is 25.7 Å². The molecule has 0 spiro atoms. The quantitative estimate of drug-likeness (QED) is 0.147. The molecule has 0 aromatic carbocycles. The fraction of sp³-hybridized carbons (Fsp3) is 0.650. The molecular formula is C20H33O4-. The van der Waals surface area contributed by atoms with Gasteiger partial charge < -0.3 is 9.90 Å². The lowest BCUT2D eigenvalue weighted by Crippen LogP contribution is -2.21. The van der Waals surface area contributed by atoms with Crippen LogP contribution in [0.2, 0.25) is 0 Å².